The van der Waals surface area contributed by atoms with Crippen LogP contribution in [0.1, 0.15) is 11.3 Å². The number of halogens is 1. The minimum absolute atomic E-state index is 0.757. The quantitative estimate of drug-likeness (QED) is 0.570. The van der Waals surface area contributed by atoms with Crippen molar-refractivity contribution in [3.8, 4) is 0 Å². The highest BCUT2D eigenvalue weighted by Gasteiger charge is 2.16. The highest BCUT2D eigenvalue weighted by molar-refractivity contribution is 5.77. The summed E-state index contributed by atoms with van der Waals surface area (Å²) in [5.41, 5.74) is 1.99. The van der Waals surface area contributed by atoms with E-state index >= 15 is 0 Å². The summed E-state index contributed by atoms with van der Waals surface area (Å²) < 4.78 is 6.69. The van der Waals surface area contributed by atoms with Gasteiger partial charge < -0.3 is 4.42 Å². The van der Waals surface area contributed by atoms with Crippen molar-refractivity contribution in [3.05, 3.63) is 27.2 Å². The third-order valence-electron chi connectivity index (χ3n) is 1.92. The lowest BCUT2D eigenvalue weighted by Crippen LogP contribution is -3.34. The first-order valence-electron chi connectivity index (χ1n) is 3.72. The zero-order valence-electron chi connectivity index (χ0n) is 6.92. The van der Waals surface area contributed by atoms with Gasteiger partial charge in [-0.3, -0.25) is 0 Å². The first-order chi connectivity index (χ1) is 5.70. The van der Waals surface area contributed by atoms with E-state index < -0.39 is 0 Å². The van der Waals surface area contributed by atoms with Crippen molar-refractivity contribution in [2.24, 2.45) is 0 Å². The van der Waals surface area contributed by atoms with E-state index in [-0.39, 0.29) is 0 Å². The molecule has 0 amide bonds. The lowest BCUT2D eigenvalue weighted by atomic mass is 10.2. The summed E-state index contributed by atoms with van der Waals surface area (Å²) >= 11 is 1.99. The van der Waals surface area contributed by atoms with Crippen molar-refractivity contribution in [2.75, 3.05) is 0 Å². The van der Waals surface area contributed by atoms with E-state index in [4.69, 9.17) is 4.42 Å². The van der Waals surface area contributed by atoms with Gasteiger partial charge in [0, 0.05) is 6.20 Å². The number of rotatable bonds is 0. The third kappa shape index (κ3) is 1.03. The molecule has 2 aromatic rings. The normalized spacial score (nSPS) is 10.9. The van der Waals surface area contributed by atoms with Gasteiger partial charge in [0.2, 0.25) is 9.28 Å². The van der Waals surface area contributed by atoms with Crippen molar-refractivity contribution in [3.63, 3.8) is 0 Å². The number of hydrogen-bond acceptors (Lipinski definition) is 2. The van der Waals surface area contributed by atoms with Gasteiger partial charge in [-0.1, -0.05) is 0 Å². The van der Waals surface area contributed by atoms with Crippen molar-refractivity contribution >= 4 is 11.1 Å². The van der Waals surface area contributed by atoms with E-state index in [9.17, 15) is 0 Å². The van der Waals surface area contributed by atoms with Crippen molar-refractivity contribution in [1.82, 2.24) is 4.98 Å². The monoisotopic (exact) mass is 274 g/mol. The standard InChI is InChI=1S/C9H9INO/c1-5-3-4-11-9-7(5)8(10)6(2)12-9/h3-4,10H,1-2H3/q+1. The highest BCUT2D eigenvalue weighted by Crippen LogP contribution is 2.19. The summed E-state index contributed by atoms with van der Waals surface area (Å²) in [5.74, 6) is 0.969. The van der Waals surface area contributed by atoms with Crippen LogP contribution in [0.25, 0.3) is 11.1 Å². The zero-order chi connectivity index (χ0) is 8.72. The summed E-state index contributed by atoms with van der Waals surface area (Å²) in [4.78, 5) is 4.16. The van der Waals surface area contributed by atoms with Crippen LogP contribution < -0.4 is 22.6 Å². The van der Waals surface area contributed by atoms with Crippen LogP contribution in [-0.2, 0) is 0 Å². The molecular formula is C9H9INO+. The molecule has 0 atom stereocenters. The number of hydrogen-bond donors (Lipinski definition) is 0. The van der Waals surface area contributed by atoms with Gasteiger partial charge in [0.05, 0.1) is 5.39 Å². The molecule has 62 valence electrons. The predicted octanol–water partition coefficient (Wildman–Crippen LogP) is -1.10. The van der Waals surface area contributed by atoms with E-state index in [1.165, 1.54) is 14.5 Å². The summed E-state index contributed by atoms with van der Waals surface area (Å²) in [6, 6.07) is 2.01. The molecule has 0 fully saturated rings. The van der Waals surface area contributed by atoms with Gasteiger partial charge in [0.15, 0.2) is 5.76 Å². The zero-order valence-corrected chi connectivity index (χ0v) is 9.25. The van der Waals surface area contributed by atoms with E-state index in [0.717, 1.165) is 11.5 Å². The molecule has 0 radical (unpaired) electrons. The summed E-state index contributed by atoms with van der Waals surface area (Å²) in [6.07, 6.45) is 1.78. The van der Waals surface area contributed by atoms with E-state index in [2.05, 4.69) is 11.9 Å². The molecule has 0 bridgehead atoms. The van der Waals surface area contributed by atoms with E-state index in [0.29, 0.717) is 0 Å². The van der Waals surface area contributed by atoms with Crippen molar-refractivity contribution in [2.45, 2.75) is 13.8 Å². The first-order valence-corrected chi connectivity index (χ1v) is 4.88. The maximum absolute atomic E-state index is 5.47. The van der Waals surface area contributed by atoms with Gasteiger partial charge in [0.25, 0.3) is 0 Å². The van der Waals surface area contributed by atoms with Gasteiger partial charge in [-0.05, 0) is 25.5 Å². The van der Waals surface area contributed by atoms with Gasteiger partial charge in [-0.2, -0.15) is 0 Å². The largest absolute Gasteiger partial charge is 0.438 e. The molecule has 0 unspecified atom stereocenters. The minimum atomic E-state index is 0.757. The second-order valence-electron chi connectivity index (χ2n) is 2.80. The second kappa shape index (κ2) is 2.73. The molecule has 2 rings (SSSR count). The number of furan rings is 1. The van der Waals surface area contributed by atoms with Crippen LogP contribution in [0.15, 0.2) is 16.7 Å². The molecule has 0 spiro atoms. The Balaban J connectivity index is 2.97. The Morgan fingerprint density at radius 1 is 1.42 bits per heavy atom. The minimum Gasteiger partial charge on any atom is -0.438 e. The van der Waals surface area contributed by atoms with Crippen molar-refractivity contribution in [1.29, 1.82) is 0 Å². The fourth-order valence-corrected chi connectivity index (χ4v) is 2.08. The molecule has 12 heavy (non-hydrogen) atoms. The van der Waals surface area contributed by atoms with Crippen molar-refractivity contribution < 1.29 is 27.0 Å². The average Bonchev–Trinajstić information content (AvgIpc) is 2.29. The Hall–Kier alpha value is -0.580. The van der Waals surface area contributed by atoms with Crippen LogP contribution in [0, 0.1) is 17.4 Å². The van der Waals surface area contributed by atoms with Crippen LogP contribution in [0.5, 0.6) is 0 Å². The number of aryl methyl sites for hydroxylation is 2. The van der Waals surface area contributed by atoms with Crippen LogP contribution in [0.3, 0.4) is 0 Å². The van der Waals surface area contributed by atoms with Crippen LogP contribution in [0.2, 0.25) is 0 Å². The fourth-order valence-electron chi connectivity index (χ4n) is 1.25. The highest BCUT2D eigenvalue weighted by atomic mass is 127. The molecule has 2 nitrogen and oxygen atoms in total. The molecule has 2 heterocycles. The van der Waals surface area contributed by atoms with Gasteiger partial charge in [-0.25, -0.2) is 4.98 Å². The molecule has 0 N–H and O–H groups in total. The molecule has 0 aromatic carbocycles. The second-order valence-corrected chi connectivity index (χ2v) is 3.96. The Labute approximate surface area is 84.1 Å². The average molecular weight is 274 g/mol. The lowest BCUT2D eigenvalue weighted by molar-refractivity contribution is -0.327. The Morgan fingerprint density at radius 3 is 2.83 bits per heavy atom. The summed E-state index contributed by atoms with van der Waals surface area (Å²) in [6.45, 7) is 4.05. The van der Waals surface area contributed by atoms with E-state index in [1.807, 2.05) is 35.6 Å². The number of nitrogens with zero attached hydrogens (tertiary/aromatic N) is 1. The van der Waals surface area contributed by atoms with Gasteiger partial charge >= 0.3 is 22.6 Å². The Morgan fingerprint density at radius 2 is 2.17 bits per heavy atom. The number of aromatic nitrogens is 1. The molecule has 3 heteroatoms. The summed E-state index contributed by atoms with van der Waals surface area (Å²) in [7, 11) is 0. The molecule has 0 aliphatic heterocycles. The summed E-state index contributed by atoms with van der Waals surface area (Å²) in [5, 5.41) is 1.17. The van der Waals surface area contributed by atoms with Gasteiger partial charge in [-0.15, -0.1) is 0 Å². The SMILES string of the molecule is Cc1oc2nccc(C)c2c1[IH+]. The lowest BCUT2D eigenvalue weighted by Gasteiger charge is -1.89. The molecule has 0 saturated heterocycles. The van der Waals surface area contributed by atoms with E-state index in [1.54, 1.807) is 6.20 Å². The fraction of sp³-hybridized carbons (Fsp3) is 0.222. The predicted molar refractivity (Wildman–Crippen MR) is 43.6 cm³/mol. The smallest absolute Gasteiger partial charge is 0.301 e. The Kier molecular flexibility index (Phi) is 1.83. The van der Waals surface area contributed by atoms with Gasteiger partial charge in [0.1, 0.15) is 0 Å². The topological polar surface area (TPSA) is 26.0 Å². The molecule has 2 aromatic heterocycles. The van der Waals surface area contributed by atoms with Crippen LogP contribution >= 0.6 is 0 Å². The maximum atomic E-state index is 5.47. The molecular weight excluding hydrogens is 265 g/mol. The number of pyridine rings is 1. The molecule has 0 aliphatic carbocycles. The van der Waals surface area contributed by atoms with Crippen LogP contribution in [-0.4, -0.2) is 4.98 Å². The molecule has 0 aliphatic rings. The number of fused-ring (bicyclic) bond motifs is 1. The van der Waals surface area contributed by atoms with Crippen LogP contribution in [0.4, 0.5) is 0 Å². The molecule has 0 saturated carbocycles. The maximum Gasteiger partial charge on any atom is 0.301 e. The third-order valence-corrected chi connectivity index (χ3v) is 3.32. The first kappa shape index (κ1) is 8.04. The Bertz CT molecular complexity index is 433.